The molecule has 0 radical (unpaired) electrons. The van der Waals surface area contributed by atoms with Crippen molar-refractivity contribution in [2.45, 2.75) is 6.61 Å². The molecular formula is C10H6Cl2F2O3. The molecular weight excluding hydrogens is 277 g/mol. The summed E-state index contributed by atoms with van der Waals surface area (Å²) < 4.78 is 28.4. The van der Waals surface area contributed by atoms with E-state index in [9.17, 15) is 13.6 Å². The van der Waals surface area contributed by atoms with E-state index in [1.54, 1.807) is 0 Å². The molecule has 0 fully saturated rings. The molecule has 0 heterocycles. The van der Waals surface area contributed by atoms with Crippen LogP contribution in [0.25, 0.3) is 6.08 Å². The van der Waals surface area contributed by atoms with Crippen molar-refractivity contribution in [2.24, 2.45) is 0 Å². The lowest BCUT2D eigenvalue weighted by molar-refractivity contribution is -0.131. The van der Waals surface area contributed by atoms with Crippen LogP contribution in [0.1, 0.15) is 5.56 Å². The number of alkyl halides is 2. The summed E-state index contributed by atoms with van der Waals surface area (Å²) in [5.74, 6) is -1.52. The first-order valence-electron chi connectivity index (χ1n) is 4.25. The zero-order valence-electron chi connectivity index (χ0n) is 8.16. The molecule has 0 atom stereocenters. The van der Waals surface area contributed by atoms with Gasteiger partial charge in [-0.05, 0) is 18.2 Å². The fourth-order valence-corrected chi connectivity index (χ4v) is 1.61. The average molecular weight is 283 g/mol. The molecule has 1 rings (SSSR count). The normalized spacial score (nSPS) is 11.1. The molecule has 7 heteroatoms. The Morgan fingerprint density at radius 3 is 2.59 bits per heavy atom. The number of hydrogen-bond donors (Lipinski definition) is 1. The van der Waals surface area contributed by atoms with Gasteiger partial charge in [0.2, 0.25) is 0 Å². The van der Waals surface area contributed by atoms with Crippen LogP contribution in [0.5, 0.6) is 5.75 Å². The minimum absolute atomic E-state index is 0.0191. The van der Waals surface area contributed by atoms with Gasteiger partial charge in [0.05, 0.1) is 5.02 Å². The molecule has 0 aliphatic rings. The van der Waals surface area contributed by atoms with Crippen LogP contribution in [-0.2, 0) is 4.79 Å². The first kappa shape index (κ1) is 13.7. The van der Waals surface area contributed by atoms with Gasteiger partial charge < -0.3 is 9.84 Å². The Morgan fingerprint density at radius 2 is 2.06 bits per heavy atom. The van der Waals surface area contributed by atoms with Crippen LogP contribution in [0.4, 0.5) is 8.78 Å². The van der Waals surface area contributed by atoms with Crippen molar-refractivity contribution in [3.8, 4) is 5.75 Å². The quantitative estimate of drug-likeness (QED) is 0.857. The number of carbonyl (C=O) groups is 1. The van der Waals surface area contributed by atoms with E-state index in [-0.39, 0.29) is 21.4 Å². The van der Waals surface area contributed by atoms with Gasteiger partial charge in [-0.1, -0.05) is 23.2 Å². The Kier molecular flexibility index (Phi) is 4.72. The molecule has 0 unspecified atom stereocenters. The molecule has 0 amide bonds. The summed E-state index contributed by atoms with van der Waals surface area (Å²) in [5.41, 5.74) is 0.0266. The van der Waals surface area contributed by atoms with Crippen LogP contribution >= 0.6 is 23.2 Å². The molecule has 0 spiro atoms. The number of carboxylic acids is 1. The summed E-state index contributed by atoms with van der Waals surface area (Å²) in [6.07, 6.45) is 1.81. The van der Waals surface area contributed by atoms with Crippen molar-refractivity contribution in [1.29, 1.82) is 0 Å². The second-order valence-electron chi connectivity index (χ2n) is 2.85. The van der Waals surface area contributed by atoms with E-state index < -0.39 is 12.6 Å². The summed E-state index contributed by atoms with van der Waals surface area (Å²) in [6, 6.07) is 2.42. The van der Waals surface area contributed by atoms with E-state index in [1.165, 1.54) is 6.07 Å². The van der Waals surface area contributed by atoms with Gasteiger partial charge in [-0.25, -0.2) is 4.79 Å². The molecule has 17 heavy (non-hydrogen) atoms. The predicted molar refractivity (Wildman–Crippen MR) is 59.8 cm³/mol. The van der Waals surface area contributed by atoms with Gasteiger partial charge in [0.25, 0.3) is 0 Å². The van der Waals surface area contributed by atoms with Crippen molar-refractivity contribution in [2.75, 3.05) is 0 Å². The van der Waals surface area contributed by atoms with Crippen LogP contribution < -0.4 is 4.74 Å². The number of benzene rings is 1. The van der Waals surface area contributed by atoms with Gasteiger partial charge >= 0.3 is 12.6 Å². The molecule has 0 saturated carbocycles. The average Bonchev–Trinajstić information content (AvgIpc) is 2.14. The second kappa shape index (κ2) is 5.84. The molecule has 0 bridgehead atoms. The number of rotatable bonds is 4. The van der Waals surface area contributed by atoms with Crippen LogP contribution in [0, 0.1) is 0 Å². The fraction of sp³-hybridized carbons (Fsp3) is 0.100. The molecule has 1 aromatic carbocycles. The first-order valence-corrected chi connectivity index (χ1v) is 5.00. The van der Waals surface area contributed by atoms with Crippen LogP contribution in [0.15, 0.2) is 18.2 Å². The van der Waals surface area contributed by atoms with Crippen molar-refractivity contribution in [1.82, 2.24) is 0 Å². The summed E-state index contributed by atoms with van der Waals surface area (Å²) in [6.45, 7) is -3.05. The van der Waals surface area contributed by atoms with E-state index in [1.807, 2.05) is 0 Å². The van der Waals surface area contributed by atoms with E-state index >= 15 is 0 Å². The summed E-state index contributed by atoms with van der Waals surface area (Å²) in [7, 11) is 0. The molecule has 0 aliphatic heterocycles. The monoisotopic (exact) mass is 282 g/mol. The van der Waals surface area contributed by atoms with Crippen molar-refractivity contribution < 1.29 is 23.4 Å². The molecule has 0 aromatic heterocycles. The van der Waals surface area contributed by atoms with Crippen LogP contribution in [0.3, 0.4) is 0 Å². The summed E-state index contributed by atoms with van der Waals surface area (Å²) in [4.78, 5) is 10.3. The van der Waals surface area contributed by atoms with Gasteiger partial charge in [-0.15, -0.1) is 0 Å². The highest BCUT2D eigenvalue weighted by Gasteiger charge is 2.12. The highest BCUT2D eigenvalue weighted by Crippen LogP contribution is 2.33. The Hall–Kier alpha value is -1.33. The third-order valence-corrected chi connectivity index (χ3v) is 2.20. The van der Waals surface area contributed by atoms with E-state index in [4.69, 9.17) is 28.3 Å². The first-order chi connectivity index (χ1) is 7.90. The number of ether oxygens (including phenoxy) is 1. The van der Waals surface area contributed by atoms with Crippen molar-refractivity contribution >= 4 is 35.2 Å². The third kappa shape index (κ3) is 4.20. The Labute approximate surface area is 105 Å². The molecule has 1 aromatic rings. The van der Waals surface area contributed by atoms with E-state index in [0.717, 1.165) is 18.2 Å². The summed E-state index contributed by atoms with van der Waals surface area (Å²) in [5, 5.41) is 8.58. The van der Waals surface area contributed by atoms with Gasteiger partial charge in [-0.2, -0.15) is 8.78 Å². The fourth-order valence-electron chi connectivity index (χ4n) is 1.07. The zero-order chi connectivity index (χ0) is 13.0. The number of halogens is 4. The highest BCUT2D eigenvalue weighted by molar-refractivity contribution is 6.36. The third-order valence-electron chi connectivity index (χ3n) is 1.66. The lowest BCUT2D eigenvalue weighted by Crippen LogP contribution is -2.03. The SMILES string of the molecule is O=C(O)/C=C/c1c(Cl)cc(Cl)cc1OC(F)F. The van der Waals surface area contributed by atoms with Gasteiger partial charge in [-0.3, -0.25) is 0 Å². The van der Waals surface area contributed by atoms with E-state index in [0.29, 0.717) is 0 Å². The van der Waals surface area contributed by atoms with Gasteiger partial charge in [0.1, 0.15) is 5.75 Å². The molecule has 0 aliphatic carbocycles. The minimum atomic E-state index is -3.05. The van der Waals surface area contributed by atoms with Crippen molar-refractivity contribution in [3.63, 3.8) is 0 Å². The standard InChI is InChI=1S/C10H6Cl2F2O3/c11-5-3-7(12)6(1-2-9(15)16)8(4-5)17-10(13)14/h1-4,10H,(H,15,16)/b2-1+. The molecule has 3 nitrogen and oxygen atoms in total. The maximum atomic E-state index is 12.1. The zero-order valence-corrected chi connectivity index (χ0v) is 9.67. The predicted octanol–water partition coefficient (Wildman–Crippen LogP) is 3.69. The molecule has 92 valence electrons. The maximum Gasteiger partial charge on any atom is 0.387 e. The van der Waals surface area contributed by atoms with Gasteiger partial charge in [0, 0.05) is 16.7 Å². The Morgan fingerprint density at radius 1 is 1.41 bits per heavy atom. The van der Waals surface area contributed by atoms with Crippen LogP contribution in [-0.4, -0.2) is 17.7 Å². The smallest absolute Gasteiger partial charge is 0.387 e. The van der Waals surface area contributed by atoms with Crippen LogP contribution in [0.2, 0.25) is 10.0 Å². The lowest BCUT2D eigenvalue weighted by Gasteiger charge is -2.10. The number of carboxylic acid groups (broad SMARTS) is 1. The van der Waals surface area contributed by atoms with E-state index in [2.05, 4.69) is 4.74 Å². The lowest BCUT2D eigenvalue weighted by atomic mass is 10.2. The maximum absolute atomic E-state index is 12.1. The Bertz CT molecular complexity index is 461. The van der Waals surface area contributed by atoms with Crippen molar-refractivity contribution in [3.05, 3.63) is 33.8 Å². The second-order valence-corrected chi connectivity index (χ2v) is 3.69. The molecule has 0 saturated heterocycles. The minimum Gasteiger partial charge on any atom is -0.478 e. The highest BCUT2D eigenvalue weighted by atomic mass is 35.5. The summed E-state index contributed by atoms with van der Waals surface area (Å²) >= 11 is 11.4. The number of hydrogen-bond acceptors (Lipinski definition) is 2. The molecule has 1 N–H and O–H groups in total. The largest absolute Gasteiger partial charge is 0.478 e. The number of aliphatic carboxylic acids is 1. The Balaban J connectivity index is 3.20. The topological polar surface area (TPSA) is 46.5 Å². The van der Waals surface area contributed by atoms with Gasteiger partial charge in [0.15, 0.2) is 0 Å².